The van der Waals surface area contributed by atoms with E-state index < -0.39 is 0 Å². The number of carbonyl (C=O) groups is 1. The molecule has 0 N–H and O–H groups in total. The van der Waals surface area contributed by atoms with Crippen molar-refractivity contribution in [3.8, 4) is 50.3 Å². The molecule has 0 spiro atoms. The van der Waals surface area contributed by atoms with E-state index in [0.717, 1.165) is 106 Å². The number of anilines is 3. The van der Waals surface area contributed by atoms with E-state index in [1.54, 1.807) is 28.7 Å². The molecular weight excluding hydrogens is 915 g/mol. The molecule has 0 saturated carbocycles. The highest BCUT2D eigenvalue weighted by Gasteiger charge is 2.20. The fourth-order valence-electron chi connectivity index (χ4n) is 9.17. The third kappa shape index (κ3) is 13.2. The molecule has 71 heavy (non-hydrogen) atoms. The zero-order chi connectivity index (χ0) is 49.2. The van der Waals surface area contributed by atoms with E-state index in [-0.39, 0.29) is 5.76 Å². The summed E-state index contributed by atoms with van der Waals surface area (Å²) >= 11 is 3.44. The monoisotopic (exact) mass is 981 g/mol. The number of thiophene rings is 2. The van der Waals surface area contributed by atoms with Crippen molar-refractivity contribution < 1.29 is 19.0 Å². The molecule has 7 nitrogen and oxygen atoms in total. The maximum absolute atomic E-state index is 11.1. The van der Waals surface area contributed by atoms with Gasteiger partial charge in [-0.05, 0) is 120 Å². The molecule has 0 aliphatic carbocycles. The smallest absolute Gasteiger partial charge is 0.299 e. The van der Waals surface area contributed by atoms with Gasteiger partial charge in [0.15, 0.2) is 0 Å². The lowest BCUT2D eigenvalue weighted by atomic mass is 10.0. The van der Waals surface area contributed by atoms with E-state index in [0.29, 0.717) is 6.47 Å². The summed E-state index contributed by atoms with van der Waals surface area (Å²) in [6, 6.07) is 50.0. The van der Waals surface area contributed by atoms with Gasteiger partial charge in [0.05, 0.1) is 33.6 Å². The van der Waals surface area contributed by atoms with Gasteiger partial charge in [-0.25, -0.2) is 0 Å². The summed E-state index contributed by atoms with van der Waals surface area (Å²) in [4.78, 5) is 15.5. The zero-order valence-corrected chi connectivity index (χ0v) is 43.3. The van der Waals surface area contributed by atoms with Crippen LogP contribution in [0.3, 0.4) is 0 Å². The molecule has 0 unspecified atom stereocenters. The SMILES string of the molecule is CCCCCCCCn1c2cc(/C=C(/C#N)OC=O)sc2c2sc(-c3ccc(N(c4ccc(-c5ccc(OCCCCCC)cc5)cc4)c4ccc(-c5ccc(OCCCCCC)cc5)cc4)cc3)cc21. The summed E-state index contributed by atoms with van der Waals surface area (Å²) in [7, 11) is 0. The van der Waals surface area contributed by atoms with E-state index in [1.807, 2.05) is 6.07 Å². The third-order valence-electron chi connectivity index (χ3n) is 13.1. The third-order valence-corrected chi connectivity index (χ3v) is 15.5. The van der Waals surface area contributed by atoms with Crippen molar-refractivity contribution in [3.63, 3.8) is 0 Å². The highest BCUT2D eigenvalue weighted by Crippen LogP contribution is 2.45. The summed E-state index contributed by atoms with van der Waals surface area (Å²) in [5.74, 6) is 1.81. The molecule has 9 heteroatoms. The number of aryl methyl sites for hydroxylation is 1. The second-order valence-corrected chi connectivity index (χ2v) is 20.4. The average Bonchev–Trinajstić information content (AvgIpc) is 4.10. The lowest BCUT2D eigenvalue weighted by molar-refractivity contribution is -0.124. The number of benzene rings is 5. The summed E-state index contributed by atoms with van der Waals surface area (Å²) < 4.78 is 21.9. The number of unbranched alkanes of at least 4 members (excludes halogenated alkanes) is 11. The van der Waals surface area contributed by atoms with Crippen LogP contribution in [0.15, 0.2) is 139 Å². The number of nitrogens with zero attached hydrogens (tertiary/aromatic N) is 3. The van der Waals surface area contributed by atoms with Crippen LogP contribution in [0, 0.1) is 11.3 Å². The molecule has 0 amide bonds. The van der Waals surface area contributed by atoms with Gasteiger partial charge in [0.1, 0.15) is 17.6 Å². The molecule has 0 aliphatic heterocycles. The first-order valence-corrected chi connectivity index (χ1v) is 27.5. The maximum atomic E-state index is 11.1. The number of carbonyl (C=O) groups excluding carboxylic acids is 1. The fraction of sp³-hybridized carbons (Fsp3) is 0.323. The van der Waals surface area contributed by atoms with Gasteiger partial charge < -0.3 is 23.7 Å². The summed E-state index contributed by atoms with van der Waals surface area (Å²) in [6.45, 7) is 9.44. The maximum Gasteiger partial charge on any atom is 0.299 e. The Morgan fingerprint density at radius 2 is 0.958 bits per heavy atom. The topological polar surface area (TPSA) is 76.7 Å². The number of hydrogen-bond acceptors (Lipinski definition) is 8. The molecule has 8 rings (SSSR count). The Morgan fingerprint density at radius 3 is 1.44 bits per heavy atom. The molecule has 0 atom stereocenters. The van der Waals surface area contributed by atoms with Crippen molar-refractivity contribution in [1.82, 2.24) is 4.57 Å². The van der Waals surface area contributed by atoms with Crippen LogP contribution in [-0.2, 0) is 16.1 Å². The standard InChI is InChI=1S/C62H67N3O4S2/c1-4-7-10-13-14-15-38-64-58-42-57(41-56(44-63)69-45-66)70-61(58)62-59(64)43-60(71-62)50-22-32-53(33-23-50)65(51-28-18-46(19-29-51)48-24-34-54(35-25-48)67-39-16-11-8-5-2)52-30-20-47(21-31-52)49-26-36-55(37-27-49)68-40-17-12-9-6-3/h18-37,41-43,45H,4-17,38-40H2,1-3H3/b56-41-. The van der Waals surface area contributed by atoms with Gasteiger partial charge >= 0.3 is 0 Å². The Balaban J connectivity index is 1.07. The van der Waals surface area contributed by atoms with E-state index in [9.17, 15) is 10.1 Å². The molecule has 0 aliphatic rings. The second-order valence-electron chi connectivity index (χ2n) is 18.3. The van der Waals surface area contributed by atoms with Crippen molar-refractivity contribution in [1.29, 1.82) is 5.26 Å². The minimum absolute atomic E-state index is 0.0108. The number of allylic oxidation sites excluding steroid dienone is 1. The Kier molecular flexibility index (Phi) is 18.6. The highest BCUT2D eigenvalue weighted by molar-refractivity contribution is 7.29. The second kappa shape index (κ2) is 26.0. The van der Waals surface area contributed by atoms with Crippen LogP contribution in [0.25, 0.3) is 59.2 Å². The first-order valence-electron chi connectivity index (χ1n) is 25.8. The minimum atomic E-state index is -0.0108. The first kappa shape index (κ1) is 50.8. The summed E-state index contributed by atoms with van der Waals surface area (Å²) in [5.41, 5.74) is 11.3. The first-order chi connectivity index (χ1) is 35.0. The molecule has 0 saturated heterocycles. The van der Waals surface area contributed by atoms with Crippen LogP contribution in [0.2, 0.25) is 0 Å². The molecule has 0 fully saturated rings. The normalized spacial score (nSPS) is 11.5. The van der Waals surface area contributed by atoms with Crippen molar-refractivity contribution in [2.24, 2.45) is 0 Å². The molecule has 3 heterocycles. The number of nitriles is 1. The molecule has 366 valence electrons. The van der Waals surface area contributed by atoms with Crippen LogP contribution in [0.5, 0.6) is 11.5 Å². The van der Waals surface area contributed by atoms with Gasteiger partial charge in [-0.15, -0.1) is 22.7 Å². The Bertz CT molecular complexity index is 2870. The van der Waals surface area contributed by atoms with E-state index in [2.05, 4.69) is 164 Å². The van der Waals surface area contributed by atoms with Crippen molar-refractivity contribution in [2.45, 2.75) is 117 Å². The fourth-order valence-corrected chi connectivity index (χ4v) is 11.6. The minimum Gasteiger partial charge on any atom is -0.494 e. The molecular formula is C62H67N3O4S2. The number of rotatable bonds is 28. The van der Waals surface area contributed by atoms with Gasteiger partial charge in [0, 0.05) is 39.4 Å². The van der Waals surface area contributed by atoms with E-state index >= 15 is 0 Å². The number of fused-ring (bicyclic) bond motifs is 3. The average molecular weight is 982 g/mol. The van der Waals surface area contributed by atoms with Gasteiger partial charge in [-0.3, -0.25) is 4.79 Å². The molecule has 0 bridgehead atoms. The number of hydrogen-bond donors (Lipinski definition) is 0. The van der Waals surface area contributed by atoms with E-state index in [4.69, 9.17) is 14.2 Å². The van der Waals surface area contributed by atoms with Crippen LogP contribution in [-0.4, -0.2) is 24.3 Å². The molecule has 5 aromatic carbocycles. The van der Waals surface area contributed by atoms with E-state index in [1.165, 1.54) is 90.4 Å². The summed E-state index contributed by atoms with van der Waals surface area (Å²) in [5, 5.41) is 9.57. The Labute approximate surface area is 429 Å². The zero-order valence-electron chi connectivity index (χ0n) is 41.7. The van der Waals surface area contributed by atoms with Crippen LogP contribution < -0.4 is 14.4 Å². The predicted molar refractivity (Wildman–Crippen MR) is 300 cm³/mol. The lowest BCUT2D eigenvalue weighted by Gasteiger charge is -2.26. The van der Waals surface area contributed by atoms with Crippen LogP contribution in [0.1, 0.15) is 116 Å². The van der Waals surface area contributed by atoms with Crippen molar-refractivity contribution in [2.75, 3.05) is 18.1 Å². The Morgan fingerprint density at radius 1 is 0.535 bits per heavy atom. The Hall–Kier alpha value is -6.60. The number of ether oxygens (including phenoxy) is 3. The van der Waals surface area contributed by atoms with Gasteiger partial charge in [0.25, 0.3) is 6.47 Å². The molecule has 8 aromatic rings. The quantitative estimate of drug-likeness (QED) is 0.0211. The largest absolute Gasteiger partial charge is 0.494 e. The van der Waals surface area contributed by atoms with Crippen LogP contribution >= 0.6 is 22.7 Å². The van der Waals surface area contributed by atoms with Gasteiger partial charge in [-0.2, -0.15) is 5.26 Å². The van der Waals surface area contributed by atoms with Crippen molar-refractivity contribution in [3.05, 3.63) is 144 Å². The highest BCUT2D eigenvalue weighted by atomic mass is 32.1. The van der Waals surface area contributed by atoms with Crippen LogP contribution in [0.4, 0.5) is 17.1 Å². The van der Waals surface area contributed by atoms with Crippen molar-refractivity contribution >= 4 is 72.7 Å². The molecule has 3 aromatic heterocycles. The lowest BCUT2D eigenvalue weighted by Crippen LogP contribution is -2.09. The van der Waals surface area contributed by atoms with Gasteiger partial charge in [0.2, 0.25) is 5.76 Å². The summed E-state index contributed by atoms with van der Waals surface area (Å²) in [6.07, 6.45) is 18.5. The number of aromatic nitrogens is 1. The predicted octanol–water partition coefficient (Wildman–Crippen LogP) is 18.7. The molecule has 0 radical (unpaired) electrons. The van der Waals surface area contributed by atoms with Gasteiger partial charge in [-0.1, -0.05) is 152 Å².